The Morgan fingerprint density at radius 2 is 1.42 bits per heavy atom. The van der Waals surface area contributed by atoms with Crippen molar-refractivity contribution in [1.82, 2.24) is 5.32 Å². The van der Waals surface area contributed by atoms with Crippen LogP contribution in [0.5, 0.6) is 0 Å². The first kappa shape index (κ1) is 22.6. The molecule has 0 aliphatic carbocycles. The summed E-state index contributed by atoms with van der Waals surface area (Å²) in [5.74, 6) is 0.603. The Morgan fingerprint density at radius 1 is 0.848 bits per heavy atom. The zero-order valence-corrected chi connectivity index (χ0v) is 19.2. The second-order valence-electron chi connectivity index (χ2n) is 8.54. The summed E-state index contributed by atoms with van der Waals surface area (Å²) < 4.78 is 5.92. The number of nitrogens with one attached hydrogen (secondary N) is 1. The molecule has 4 aromatic rings. The zero-order chi connectivity index (χ0) is 23.4. The van der Waals surface area contributed by atoms with Gasteiger partial charge in [-0.3, -0.25) is 4.79 Å². The van der Waals surface area contributed by atoms with E-state index in [0.717, 1.165) is 16.9 Å². The topological polar surface area (TPSA) is 62.5 Å². The van der Waals surface area contributed by atoms with Crippen molar-refractivity contribution in [2.75, 3.05) is 0 Å². The minimum atomic E-state index is -0.898. The molecule has 0 saturated heterocycles. The molecule has 0 fully saturated rings. The molecule has 2 unspecified atom stereocenters. The van der Waals surface area contributed by atoms with Crippen LogP contribution in [-0.2, 0) is 6.42 Å². The Labute approximate surface area is 194 Å². The number of amides is 1. The van der Waals surface area contributed by atoms with Crippen molar-refractivity contribution in [1.29, 1.82) is 0 Å². The molecule has 1 amide bonds. The van der Waals surface area contributed by atoms with E-state index in [1.54, 1.807) is 6.07 Å². The van der Waals surface area contributed by atoms with Crippen molar-refractivity contribution in [3.63, 3.8) is 0 Å². The lowest BCUT2D eigenvalue weighted by molar-refractivity contribution is 0.0804. The number of hydrogen-bond donors (Lipinski definition) is 2. The van der Waals surface area contributed by atoms with E-state index in [-0.39, 0.29) is 11.7 Å². The smallest absolute Gasteiger partial charge is 0.287 e. The molecule has 4 rings (SSSR count). The summed E-state index contributed by atoms with van der Waals surface area (Å²) in [5.41, 5.74) is 6.42. The van der Waals surface area contributed by atoms with Crippen LogP contribution in [0.2, 0.25) is 0 Å². The van der Waals surface area contributed by atoms with Gasteiger partial charge in [0.15, 0.2) is 5.76 Å². The second kappa shape index (κ2) is 9.88. The van der Waals surface area contributed by atoms with Crippen molar-refractivity contribution in [2.24, 2.45) is 0 Å². The van der Waals surface area contributed by atoms with Crippen LogP contribution in [0, 0.1) is 20.8 Å². The van der Waals surface area contributed by atoms with Crippen LogP contribution in [0.4, 0.5) is 0 Å². The first-order valence-corrected chi connectivity index (χ1v) is 11.2. The third-order valence-corrected chi connectivity index (χ3v) is 5.98. The van der Waals surface area contributed by atoms with Crippen LogP contribution in [0.25, 0.3) is 0 Å². The molecule has 0 bridgehead atoms. The van der Waals surface area contributed by atoms with E-state index in [0.29, 0.717) is 6.42 Å². The Morgan fingerprint density at radius 3 is 2.03 bits per heavy atom. The molecule has 2 N–H and O–H groups in total. The molecule has 0 spiro atoms. The number of aliphatic hydroxyl groups excluding tert-OH is 1. The monoisotopic (exact) mass is 439 g/mol. The number of aliphatic hydroxyl groups is 1. The Kier molecular flexibility index (Phi) is 6.76. The Hall–Kier alpha value is -3.63. The fourth-order valence-corrected chi connectivity index (χ4v) is 4.32. The van der Waals surface area contributed by atoms with Crippen LogP contribution >= 0.6 is 0 Å². The zero-order valence-electron chi connectivity index (χ0n) is 19.2. The van der Waals surface area contributed by atoms with Gasteiger partial charge in [-0.1, -0.05) is 78.4 Å². The molecule has 1 aromatic heterocycles. The summed E-state index contributed by atoms with van der Waals surface area (Å²) >= 11 is 0. The van der Waals surface area contributed by atoms with Gasteiger partial charge in [0.05, 0.1) is 6.04 Å². The summed E-state index contributed by atoms with van der Waals surface area (Å²) in [5, 5.41) is 14.0. The maximum atomic E-state index is 13.1. The van der Waals surface area contributed by atoms with Crippen LogP contribution < -0.4 is 5.32 Å². The summed E-state index contributed by atoms with van der Waals surface area (Å²) in [7, 11) is 0. The minimum Gasteiger partial charge on any atom is -0.456 e. The average molecular weight is 440 g/mol. The molecular weight excluding hydrogens is 410 g/mol. The van der Waals surface area contributed by atoms with Gasteiger partial charge in [0.1, 0.15) is 11.9 Å². The van der Waals surface area contributed by atoms with Gasteiger partial charge in [-0.25, -0.2) is 0 Å². The number of carbonyl (C=O) groups excluding carboxylic acids is 1. The number of rotatable bonds is 7. The molecule has 4 nitrogen and oxygen atoms in total. The molecule has 3 aromatic carbocycles. The van der Waals surface area contributed by atoms with Crippen LogP contribution in [0.3, 0.4) is 0 Å². The van der Waals surface area contributed by atoms with Gasteiger partial charge in [-0.15, -0.1) is 0 Å². The molecule has 0 saturated carbocycles. The fraction of sp³-hybridized carbons (Fsp3) is 0.207. The molecule has 33 heavy (non-hydrogen) atoms. The quantitative estimate of drug-likeness (QED) is 0.371. The maximum Gasteiger partial charge on any atom is 0.287 e. The van der Waals surface area contributed by atoms with Crippen LogP contribution in [-0.4, -0.2) is 11.0 Å². The van der Waals surface area contributed by atoms with Crippen molar-refractivity contribution in [3.05, 3.63) is 130 Å². The average Bonchev–Trinajstić information content (AvgIpc) is 3.29. The molecule has 2 atom stereocenters. The number of benzene rings is 3. The second-order valence-corrected chi connectivity index (χ2v) is 8.54. The molecule has 4 heteroatoms. The predicted molar refractivity (Wildman–Crippen MR) is 130 cm³/mol. The normalized spacial score (nSPS) is 12.8. The van der Waals surface area contributed by atoms with Gasteiger partial charge in [-0.05, 0) is 60.7 Å². The highest BCUT2D eigenvalue weighted by Crippen LogP contribution is 2.29. The molecule has 168 valence electrons. The minimum absolute atomic E-state index is 0.230. The number of hydrogen-bond acceptors (Lipinski definition) is 3. The van der Waals surface area contributed by atoms with Crippen molar-refractivity contribution < 1.29 is 14.3 Å². The molecule has 1 heterocycles. The van der Waals surface area contributed by atoms with Gasteiger partial charge >= 0.3 is 0 Å². The summed E-state index contributed by atoms with van der Waals surface area (Å²) in [6.45, 7) is 6.29. The van der Waals surface area contributed by atoms with E-state index >= 15 is 0 Å². The molecule has 0 radical (unpaired) electrons. The van der Waals surface area contributed by atoms with Crippen molar-refractivity contribution in [2.45, 2.75) is 39.3 Å². The van der Waals surface area contributed by atoms with Gasteiger partial charge in [0, 0.05) is 6.42 Å². The van der Waals surface area contributed by atoms with Crippen LogP contribution in [0.1, 0.15) is 61.8 Å². The Bertz CT molecular complexity index is 1210. The fourth-order valence-electron chi connectivity index (χ4n) is 4.32. The third kappa shape index (κ3) is 5.24. The van der Waals surface area contributed by atoms with Crippen LogP contribution in [0.15, 0.2) is 89.3 Å². The largest absolute Gasteiger partial charge is 0.456 e. The van der Waals surface area contributed by atoms with Gasteiger partial charge < -0.3 is 14.8 Å². The Balaban J connectivity index is 1.55. The van der Waals surface area contributed by atoms with E-state index < -0.39 is 12.1 Å². The molecule has 0 aliphatic heterocycles. The summed E-state index contributed by atoms with van der Waals surface area (Å²) in [4.78, 5) is 13.1. The van der Waals surface area contributed by atoms with Gasteiger partial charge in [0.25, 0.3) is 5.91 Å². The van der Waals surface area contributed by atoms with E-state index in [9.17, 15) is 9.90 Å². The maximum absolute atomic E-state index is 13.1. The predicted octanol–water partition coefficient (Wildman–Crippen LogP) is 6.00. The number of aryl methyl sites for hydroxylation is 3. The van der Waals surface area contributed by atoms with Crippen molar-refractivity contribution in [3.8, 4) is 0 Å². The SMILES string of the molecule is Cc1cc(C)c(Cc2ccc(C(=O)NC(c3ccccc3)C(O)c3ccccc3)o2)c(C)c1. The number of carbonyl (C=O) groups is 1. The standard InChI is InChI=1S/C29H29NO3/c1-19-16-20(2)25(21(3)17-19)18-24-14-15-26(33-24)29(32)30-27(22-10-6-4-7-11-22)28(31)23-12-8-5-9-13-23/h4-17,27-28,31H,18H2,1-3H3,(H,30,32). The lowest BCUT2D eigenvalue weighted by Crippen LogP contribution is -2.32. The van der Waals surface area contributed by atoms with E-state index in [4.69, 9.17) is 4.42 Å². The lowest BCUT2D eigenvalue weighted by Gasteiger charge is -2.24. The van der Waals surface area contributed by atoms with Gasteiger partial charge in [0.2, 0.25) is 0 Å². The highest BCUT2D eigenvalue weighted by atomic mass is 16.4. The summed E-state index contributed by atoms with van der Waals surface area (Å²) in [6, 6.07) is 26.1. The highest BCUT2D eigenvalue weighted by Gasteiger charge is 2.26. The van der Waals surface area contributed by atoms with E-state index in [1.807, 2.05) is 66.7 Å². The van der Waals surface area contributed by atoms with Gasteiger partial charge in [-0.2, -0.15) is 0 Å². The van der Waals surface area contributed by atoms with E-state index in [1.165, 1.54) is 22.3 Å². The lowest BCUT2D eigenvalue weighted by atomic mass is 9.95. The number of furan rings is 1. The first-order valence-electron chi connectivity index (χ1n) is 11.2. The van der Waals surface area contributed by atoms with E-state index in [2.05, 4.69) is 38.2 Å². The highest BCUT2D eigenvalue weighted by molar-refractivity contribution is 5.91. The molecular formula is C29H29NO3. The van der Waals surface area contributed by atoms with Crippen molar-refractivity contribution >= 4 is 5.91 Å². The first-order chi connectivity index (χ1) is 15.9. The third-order valence-electron chi connectivity index (χ3n) is 5.98. The summed E-state index contributed by atoms with van der Waals surface area (Å²) in [6.07, 6.45) is -0.273. The molecule has 0 aliphatic rings.